The second-order valence-electron chi connectivity index (χ2n) is 6.18. The first-order valence-corrected chi connectivity index (χ1v) is 7.46. The van der Waals surface area contributed by atoms with E-state index in [9.17, 15) is 0 Å². The van der Waals surface area contributed by atoms with Gasteiger partial charge in [0.05, 0.1) is 12.8 Å². The number of nitrogens with zero attached hydrogens (tertiary/aromatic N) is 3. The van der Waals surface area contributed by atoms with Crippen LogP contribution in [-0.2, 0) is 23.9 Å². The molecule has 0 aliphatic carbocycles. The molecule has 1 atom stereocenters. The number of aryl methyl sites for hydroxylation is 2. The van der Waals surface area contributed by atoms with E-state index in [0.29, 0.717) is 0 Å². The second kappa shape index (κ2) is 5.62. The van der Waals surface area contributed by atoms with Gasteiger partial charge in [-0.2, -0.15) is 5.10 Å². The first-order valence-electron chi connectivity index (χ1n) is 7.46. The molecular weight excluding hydrogens is 262 g/mol. The van der Waals surface area contributed by atoms with Gasteiger partial charge in [0, 0.05) is 38.4 Å². The van der Waals surface area contributed by atoms with E-state index in [-0.39, 0.29) is 5.60 Å². The van der Waals surface area contributed by atoms with Crippen LogP contribution < -0.4 is 0 Å². The van der Waals surface area contributed by atoms with Gasteiger partial charge in [0.15, 0.2) is 0 Å². The van der Waals surface area contributed by atoms with Gasteiger partial charge in [0.2, 0.25) is 0 Å². The smallest absolute Gasteiger partial charge is 0.106 e. The normalized spacial score (nSPS) is 23.4. The Kier molecular flexibility index (Phi) is 3.83. The van der Waals surface area contributed by atoms with Crippen LogP contribution in [0.3, 0.4) is 0 Å². The van der Waals surface area contributed by atoms with Gasteiger partial charge in [-0.15, -0.1) is 0 Å². The van der Waals surface area contributed by atoms with Crippen molar-refractivity contribution >= 4 is 0 Å². The molecule has 0 saturated carbocycles. The summed E-state index contributed by atoms with van der Waals surface area (Å²) in [6.45, 7) is 7.89. The molecule has 1 aromatic heterocycles. The van der Waals surface area contributed by atoms with Crippen molar-refractivity contribution in [3.8, 4) is 0 Å². The summed E-state index contributed by atoms with van der Waals surface area (Å²) in [5, 5.41) is 4.27. The van der Waals surface area contributed by atoms with Crippen LogP contribution in [0.5, 0.6) is 0 Å². The van der Waals surface area contributed by atoms with Gasteiger partial charge >= 0.3 is 0 Å². The second-order valence-corrected chi connectivity index (χ2v) is 6.18. The Morgan fingerprint density at radius 3 is 2.71 bits per heavy atom. The molecule has 1 aliphatic heterocycles. The topological polar surface area (TPSA) is 30.3 Å². The average molecular weight is 285 g/mol. The Bertz CT molecular complexity index is 605. The summed E-state index contributed by atoms with van der Waals surface area (Å²) in [5.41, 5.74) is 3.55. The number of rotatable bonds is 3. The summed E-state index contributed by atoms with van der Waals surface area (Å²) in [7, 11) is 1.94. The van der Waals surface area contributed by atoms with E-state index >= 15 is 0 Å². The van der Waals surface area contributed by atoms with Crippen molar-refractivity contribution in [2.24, 2.45) is 7.05 Å². The van der Waals surface area contributed by atoms with Crippen molar-refractivity contribution in [1.29, 1.82) is 0 Å². The molecule has 1 aliphatic rings. The van der Waals surface area contributed by atoms with Crippen molar-refractivity contribution in [2.45, 2.75) is 26.0 Å². The summed E-state index contributed by atoms with van der Waals surface area (Å²) < 4.78 is 7.89. The lowest BCUT2D eigenvalue weighted by Gasteiger charge is -2.40. The highest BCUT2D eigenvalue weighted by Crippen LogP contribution is 2.29. The Morgan fingerprint density at radius 2 is 2.05 bits per heavy atom. The summed E-state index contributed by atoms with van der Waals surface area (Å²) in [6, 6.07) is 8.78. The van der Waals surface area contributed by atoms with Crippen molar-refractivity contribution in [3.05, 3.63) is 53.3 Å². The Labute approximate surface area is 126 Å². The lowest BCUT2D eigenvalue weighted by atomic mass is 9.96. The van der Waals surface area contributed by atoms with Crippen LogP contribution in [0.1, 0.15) is 23.6 Å². The summed E-state index contributed by atoms with van der Waals surface area (Å²) in [6.07, 6.45) is 3.96. The maximum Gasteiger partial charge on any atom is 0.106 e. The van der Waals surface area contributed by atoms with Crippen molar-refractivity contribution in [3.63, 3.8) is 0 Å². The first-order chi connectivity index (χ1) is 10.0. The molecule has 3 rings (SSSR count). The minimum absolute atomic E-state index is 0.267. The Morgan fingerprint density at radius 1 is 1.29 bits per heavy atom. The van der Waals surface area contributed by atoms with Gasteiger partial charge in [-0.25, -0.2) is 0 Å². The fourth-order valence-corrected chi connectivity index (χ4v) is 2.91. The molecule has 0 bridgehead atoms. The molecule has 4 nitrogen and oxygen atoms in total. The molecule has 0 radical (unpaired) electrons. The van der Waals surface area contributed by atoms with E-state index in [1.807, 2.05) is 17.9 Å². The van der Waals surface area contributed by atoms with Crippen LogP contribution in [0.2, 0.25) is 0 Å². The molecular formula is C17H23N3O. The Balaban J connectivity index is 1.72. The zero-order valence-electron chi connectivity index (χ0n) is 13.0. The van der Waals surface area contributed by atoms with Crippen LogP contribution in [-0.4, -0.2) is 34.4 Å². The molecule has 21 heavy (non-hydrogen) atoms. The predicted molar refractivity (Wildman–Crippen MR) is 83.0 cm³/mol. The van der Waals surface area contributed by atoms with Crippen LogP contribution in [0, 0.1) is 6.92 Å². The van der Waals surface area contributed by atoms with E-state index in [1.165, 1.54) is 11.1 Å². The van der Waals surface area contributed by atoms with Gasteiger partial charge in [0.25, 0.3) is 0 Å². The zero-order chi connectivity index (χ0) is 14.9. The van der Waals surface area contributed by atoms with Gasteiger partial charge in [-0.05, 0) is 19.4 Å². The molecule has 0 amide bonds. The van der Waals surface area contributed by atoms with Crippen LogP contribution in [0.4, 0.5) is 0 Å². The lowest BCUT2D eigenvalue weighted by Crippen LogP contribution is -2.47. The highest BCUT2D eigenvalue weighted by molar-refractivity contribution is 5.22. The first kappa shape index (κ1) is 14.3. The Hall–Kier alpha value is -1.65. The molecule has 4 heteroatoms. The van der Waals surface area contributed by atoms with Crippen molar-refractivity contribution in [2.75, 3.05) is 19.7 Å². The summed E-state index contributed by atoms with van der Waals surface area (Å²) in [4.78, 5) is 2.46. The van der Waals surface area contributed by atoms with E-state index in [2.05, 4.69) is 54.3 Å². The van der Waals surface area contributed by atoms with E-state index in [4.69, 9.17) is 4.74 Å². The molecule has 2 heterocycles. The summed E-state index contributed by atoms with van der Waals surface area (Å²) in [5.74, 6) is 0. The van der Waals surface area contributed by atoms with Crippen molar-refractivity contribution in [1.82, 2.24) is 14.7 Å². The fourth-order valence-electron chi connectivity index (χ4n) is 2.91. The monoisotopic (exact) mass is 285 g/mol. The third-order valence-electron chi connectivity index (χ3n) is 4.20. The standard InChI is InChI=1S/C17H23N3O/c1-14-4-6-15(7-5-14)11-20-8-9-21-17(2,13-20)16-10-18-19(3)12-16/h4-7,10,12H,8-9,11,13H2,1-3H3/t17-/m0/s1. The molecule has 2 aromatic rings. The van der Waals surface area contributed by atoms with Gasteiger partial charge in [0.1, 0.15) is 5.60 Å². The SMILES string of the molecule is Cc1ccc(CN2CCO[C@](C)(c3cnn(C)c3)C2)cc1. The third-order valence-corrected chi connectivity index (χ3v) is 4.20. The number of morpholine rings is 1. The summed E-state index contributed by atoms with van der Waals surface area (Å²) >= 11 is 0. The molecule has 0 unspecified atom stereocenters. The number of ether oxygens (including phenoxy) is 1. The van der Waals surface area contributed by atoms with Crippen LogP contribution in [0.25, 0.3) is 0 Å². The molecule has 1 saturated heterocycles. The van der Waals surface area contributed by atoms with Crippen LogP contribution in [0.15, 0.2) is 36.7 Å². The maximum atomic E-state index is 6.06. The van der Waals surface area contributed by atoms with Crippen molar-refractivity contribution < 1.29 is 4.74 Å². The number of benzene rings is 1. The quantitative estimate of drug-likeness (QED) is 0.868. The number of hydrogen-bond donors (Lipinski definition) is 0. The molecule has 0 spiro atoms. The molecule has 0 N–H and O–H groups in total. The van der Waals surface area contributed by atoms with Gasteiger partial charge in [-0.1, -0.05) is 29.8 Å². The van der Waals surface area contributed by atoms with E-state index in [1.54, 1.807) is 0 Å². The highest BCUT2D eigenvalue weighted by Gasteiger charge is 2.34. The zero-order valence-corrected chi connectivity index (χ0v) is 13.0. The minimum atomic E-state index is -0.267. The lowest BCUT2D eigenvalue weighted by molar-refractivity contribution is -0.105. The van der Waals surface area contributed by atoms with E-state index in [0.717, 1.165) is 31.8 Å². The average Bonchev–Trinajstić information content (AvgIpc) is 2.89. The van der Waals surface area contributed by atoms with Gasteiger partial charge < -0.3 is 4.74 Å². The molecule has 1 fully saturated rings. The van der Waals surface area contributed by atoms with Crippen LogP contribution >= 0.6 is 0 Å². The predicted octanol–water partition coefficient (Wildman–Crippen LogP) is 2.48. The molecule has 112 valence electrons. The molecule has 1 aromatic carbocycles. The largest absolute Gasteiger partial charge is 0.368 e. The fraction of sp³-hybridized carbons (Fsp3) is 0.471. The minimum Gasteiger partial charge on any atom is -0.368 e. The maximum absolute atomic E-state index is 6.06. The third kappa shape index (κ3) is 3.17. The highest BCUT2D eigenvalue weighted by atomic mass is 16.5. The van der Waals surface area contributed by atoms with Gasteiger partial charge in [-0.3, -0.25) is 9.58 Å². The number of aromatic nitrogens is 2. The number of hydrogen-bond acceptors (Lipinski definition) is 3. The van der Waals surface area contributed by atoms with E-state index < -0.39 is 0 Å².